The fourth-order valence-electron chi connectivity index (χ4n) is 1.47. The molecule has 1 heterocycles. The second-order valence-corrected chi connectivity index (χ2v) is 4.23. The van der Waals surface area contributed by atoms with Crippen molar-refractivity contribution in [3.63, 3.8) is 0 Å². The maximum Gasteiger partial charge on any atom is 0.339 e. The van der Waals surface area contributed by atoms with Gasteiger partial charge in [0.25, 0.3) is 0 Å². The van der Waals surface area contributed by atoms with Crippen LogP contribution in [-0.2, 0) is 0 Å². The number of thiophene rings is 1. The van der Waals surface area contributed by atoms with Gasteiger partial charge >= 0.3 is 5.97 Å². The van der Waals surface area contributed by atoms with Crippen LogP contribution in [0.3, 0.4) is 0 Å². The first-order valence-electron chi connectivity index (χ1n) is 4.55. The second kappa shape index (κ2) is 4.02. The molecule has 1 aromatic carbocycles. The van der Waals surface area contributed by atoms with Crippen molar-refractivity contribution in [1.29, 1.82) is 0 Å². The van der Waals surface area contributed by atoms with Gasteiger partial charge in [-0.1, -0.05) is 29.7 Å². The lowest BCUT2D eigenvalue weighted by Gasteiger charge is -2.02. The smallest absolute Gasteiger partial charge is 0.339 e. The topological polar surface area (TPSA) is 63.3 Å². The number of rotatable bonds is 2. The van der Waals surface area contributed by atoms with Crippen molar-refractivity contribution in [2.75, 3.05) is 5.73 Å². The molecule has 2 aromatic rings. The molecule has 2 rings (SSSR count). The minimum absolute atomic E-state index is 0.162. The van der Waals surface area contributed by atoms with Crippen LogP contribution in [-0.4, -0.2) is 18.9 Å². The Balaban J connectivity index is 2.56. The van der Waals surface area contributed by atoms with E-state index in [0.29, 0.717) is 16.0 Å². The average Bonchev–Trinajstić information content (AvgIpc) is 2.61. The Morgan fingerprint density at radius 2 is 1.94 bits per heavy atom. The van der Waals surface area contributed by atoms with E-state index in [1.54, 1.807) is 29.6 Å². The van der Waals surface area contributed by atoms with Gasteiger partial charge in [0.2, 0.25) is 0 Å². The highest BCUT2D eigenvalue weighted by Crippen LogP contribution is 2.33. The molecule has 0 saturated carbocycles. The third kappa shape index (κ3) is 1.81. The van der Waals surface area contributed by atoms with E-state index in [2.05, 4.69) is 0 Å². The molecule has 2 radical (unpaired) electrons. The summed E-state index contributed by atoms with van der Waals surface area (Å²) in [6.45, 7) is 0. The Kier molecular flexibility index (Phi) is 2.70. The first-order valence-corrected chi connectivity index (χ1v) is 5.43. The highest BCUT2D eigenvalue weighted by atomic mass is 32.1. The van der Waals surface area contributed by atoms with Crippen LogP contribution in [0.25, 0.3) is 11.1 Å². The molecule has 0 saturated heterocycles. The molecule has 16 heavy (non-hydrogen) atoms. The van der Waals surface area contributed by atoms with Gasteiger partial charge in [0.15, 0.2) is 0 Å². The maximum atomic E-state index is 11.0. The number of benzene rings is 1. The first kappa shape index (κ1) is 10.8. The SMILES string of the molecule is [B]c1ccc(-c2csc(N)c2C(=O)O)cc1. The molecule has 0 aliphatic heterocycles. The Labute approximate surface area is 97.9 Å². The summed E-state index contributed by atoms with van der Waals surface area (Å²) in [4.78, 5) is 11.0. The van der Waals surface area contributed by atoms with Crippen LogP contribution in [0.5, 0.6) is 0 Å². The molecular weight excluding hydrogens is 221 g/mol. The number of nitrogens with two attached hydrogens (primary N) is 1. The Bertz CT molecular complexity index is 533. The Morgan fingerprint density at radius 1 is 1.31 bits per heavy atom. The van der Waals surface area contributed by atoms with Crippen LogP contribution in [0.15, 0.2) is 29.6 Å². The van der Waals surface area contributed by atoms with Crippen molar-refractivity contribution in [3.8, 4) is 11.1 Å². The molecule has 0 unspecified atom stereocenters. The zero-order valence-electron chi connectivity index (χ0n) is 8.31. The minimum Gasteiger partial charge on any atom is -0.478 e. The minimum atomic E-state index is -1.01. The summed E-state index contributed by atoms with van der Waals surface area (Å²) in [5.74, 6) is -1.01. The van der Waals surface area contributed by atoms with E-state index in [-0.39, 0.29) is 5.56 Å². The summed E-state index contributed by atoms with van der Waals surface area (Å²) in [6, 6.07) is 7.02. The van der Waals surface area contributed by atoms with Crippen LogP contribution >= 0.6 is 11.3 Å². The third-order valence-corrected chi connectivity index (χ3v) is 3.07. The third-order valence-electron chi connectivity index (χ3n) is 2.26. The van der Waals surface area contributed by atoms with Crippen molar-refractivity contribution in [2.45, 2.75) is 0 Å². The quantitative estimate of drug-likeness (QED) is 0.766. The Morgan fingerprint density at radius 3 is 2.50 bits per heavy atom. The van der Waals surface area contributed by atoms with Crippen LogP contribution < -0.4 is 11.2 Å². The molecular formula is C11H8BNO2S. The molecule has 5 heteroatoms. The number of carboxylic acid groups (broad SMARTS) is 1. The summed E-state index contributed by atoms with van der Waals surface area (Å²) < 4.78 is 0. The normalized spacial score (nSPS) is 10.2. The average molecular weight is 229 g/mol. The predicted octanol–water partition coefficient (Wildman–Crippen LogP) is 1.49. The lowest BCUT2D eigenvalue weighted by atomic mass is 9.93. The van der Waals surface area contributed by atoms with E-state index in [1.165, 1.54) is 11.3 Å². The molecule has 0 aliphatic carbocycles. The van der Waals surface area contributed by atoms with Crippen LogP contribution in [0.1, 0.15) is 10.4 Å². The zero-order valence-corrected chi connectivity index (χ0v) is 9.12. The van der Waals surface area contributed by atoms with Crippen molar-refractivity contribution < 1.29 is 9.90 Å². The van der Waals surface area contributed by atoms with Crippen molar-refractivity contribution in [3.05, 3.63) is 35.2 Å². The molecule has 3 N–H and O–H groups in total. The van der Waals surface area contributed by atoms with E-state index in [1.807, 2.05) is 0 Å². The highest BCUT2D eigenvalue weighted by molar-refractivity contribution is 7.14. The fourth-order valence-corrected chi connectivity index (χ4v) is 2.28. The molecule has 0 atom stereocenters. The summed E-state index contributed by atoms with van der Waals surface area (Å²) in [5.41, 5.74) is 7.87. The Hall–Kier alpha value is -1.75. The first-order chi connectivity index (χ1) is 7.59. The lowest BCUT2D eigenvalue weighted by molar-refractivity contribution is 0.0699. The standard InChI is InChI=1S/C11H8BNO2S/c12-7-3-1-6(2-4-7)8-5-16-10(13)9(8)11(14)15/h1-5H,13H2,(H,14,15). The van der Waals surface area contributed by atoms with Gasteiger partial charge in [-0.2, -0.15) is 0 Å². The summed E-state index contributed by atoms with van der Waals surface area (Å²) >= 11 is 1.22. The molecule has 0 aliphatic rings. The summed E-state index contributed by atoms with van der Waals surface area (Å²) in [5, 5.41) is 11.1. The molecule has 0 fully saturated rings. The number of carbonyl (C=O) groups is 1. The van der Waals surface area contributed by atoms with Crippen LogP contribution in [0, 0.1) is 0 Å². The van der Waals surface area contributed by atoms with Crippen LogP contribution in [0.4, 0.5) is 5.00 Å². The molecule has 78 valence electrons. The van der Waals surface area contributed by atoms with Gasteiger partial charge in [0.1, 0.15) is 18.4 Å². The van der Waals surface area contributed by atoms with Crippen molar-refractivity contribution >= 4 is 35.6 Å². The van der Waals surface area contributed by atoms with Gasteiger partial charge < -0.3 is 10.8 Å². The molecule has 1 aromatic heterocycles. The molecule has 0 amide bonds. The van der Waals surface area contributed by atoms with E-state index in [4.69, 9.17) is 18.7 Å². The molecule has 0 bridgehead atoms. The van der Waals surface area contributed by atoms with Gasteiger partial charge in [-0.05, 0) is 5.56 Å². The molecule has 3 nitrogen and oxygen atoms in total. The number of hydrogen-bond donors (Lipinski definition) is 2. The van der Waals surface area contributed by atoms with Gasteiger partial charge in [-0.15, -0.1) is 11.3 Å². The van der Waals surface area contributed by atoms with Gasteiger partial charge in [-0.25, -0.2) is 4.79 Å². The number of anilines is 1. The highest BCUT2D eigenvalue weighted by Gasteiger charge is 2.17. The molecule has 0 spiro atoms. The van der Waals surface area contributed by atoms with E-state index in [9.17, 15) is 4.79 Å². The van der Waals surface area contributed by atoms with E-state index < -0.39 is 5.97 Å². The van der Waals surface area contributed by atoms with Crippen molar-refractivity contribution in [2.24, 2.45) is 0 Å². The number of aromatic carboxylic acids is 1. The number of hydrogen-bond acceptors (Lipinski definition) is 3. The predicted molar refractivity (Wildman–Crippen MR) is 66.5 cm³/mol. The monoisotopic (exact) mass is 229 g/mol. The summed E-state index contributed by atoms with van der Waals surface area (Å²) in [6.07, 6.45) is 0. The van der Waals surface area contributed by atoms with Crippen LogP contribution in [0.2, 0.25) is 0 Å². The van der Waals surface area contributed by atoms with Gasteiger partial charge in [-0.3, -0.25) is 0 Å². The zero-order chi connectivity index (χ0) is 11.7. The van der Waals surface area contributed by atoms with E-state index in [0.717, 1.165) is 5.56 Å². The second-order valence-electron chi connectivity index (χ2n) is 3.32. The fraction of sp³-hybridized carbons (Fsp3) is 0. The van der Waals surface area contributed by atoms with Gasteiger partial charge in [0.05, 0.1) is 0 Å². The number of carboxylic acids is 1. The number of nitrogen functional groups attached to an aromatic ring is 1. The van der Waals surface area contributed by atoms with E-state index >= 15 is 0 Å². The van der Waals surface area contributed by atoms with Crippen molar-refractivity contribution in [1.82, 2.24) is 0 Å². The largest absolute Gasteiger partial charge is 0.478 e. The maximum absolute atomic E-state index is 11.0. The van der Waals surface area contributed by atoms with Gasteiger partial charge in [0, 0.05) is 10.9 Å². The summed E-state index contributed by atoms with van der Waals surface area (Å²) in [7, 11) is 5.57. The lowest BCUT2D eigenvalue weighted by Crippen LogP contribution is -2.02.